The predicted molar refractivity (Wildman–Crippen MR) is 63.0 cm³/mol. The van der Waals surface area contributed by atoms with Crippen molar-refractivity contribution >= 4 is 5.78 Å². The minimum Gasteiger partial charge on any atom is -0.300 e. The molecule has 0 aromatic carbocycles. The first-order valence-corrected chi connectivity index (χ1v) is 5.87. The van der Waals surface area contributed by atoms with Crippen LogP contribution in [0.3, 0.4) is 0 Å². The van der Waals surface area contributed by atoms with Gasteiger partial charge in [-0.15, -0.1) is 0 Å². The number of hydrogen-bond acceptors (Lipinski definition) is 3. The number of Topliss-reactive ketones (excluding diaryl/α,β-unsaturated/α-hetero) is 1. The number of aromatic nitrogens is 1. The number of hydrogen-bond donors (Lipinski definition) is 0. The summed E-state index contributed by atoms with van der Waals surface area (Å²) in [6.45, 7) is 0.875. The maximum atomic E-state index is 11.2. The van der Waals surface area contributed by atoms with E-state index < -0.39 is 0 Å². The Bertz CT molecular complexity index is 340. The standard InChI is InChI=1S/C13H18N2O/c1-15(10-11-4-2-3-9-14-11)12-5-7-13(16)8-6-12/h2-4,9,12H,5-8,10H2,1H3. The molecule has 0 unspecified atom stereocenters. The van der Waals surface area contributed by atoms with Gasteiger partial charge in [0, 0.05) is 31.6 Å². The molecule has 3 nitrogen and oxygen atoms in total. The van der Waals surface area contributed by atoms with Crippen LogP contribution in [0.1, 0.15) is 31.4 Å². The summed E-state index contributed by atoms with van der Waals surface area (Å²) in [7, 11) is 2.12. The van der Waals surface area contributed by atoms with Crippen LogP contribution in [0, 0.1) is 0 Å². The van der Waals surface area contributed by atoms with E-state index in [0.29, 0.717) is 11.8 Å². The van der Waals surface area contributed by atoms with Crippen molar-refractivity contribution in [2.45, 2.75) is 38.3 Å². The molecule has 1 heterocycles. The maximum Gasteiger partial charge on any atom is 0.133 e. The van der Waals surface area contributed by atoms with Crippen LogP contribution >= 0.6 is 0 Å². The van der Waals surface area contributed by atoms with E-state index in [2.05, 4.69) is 16.9 Å². The highest BCUT2D eigenvalue weighted by molar-refractivity contribution is 5.79. The molecule has 1 aromatic rings. The van der Waals surface area contributed by atoms with E-state index in [4.69, 9.17) is 0 Å². The number of carbonyl (C=O) groups excluding carboxylic acids is 1. The Hall–Kier alpha value is -1.22. The molecule has 1 saturated carbocycles. The van der Waals surface area contributed by atoms with Gasteiger partial charge >= 0.3 is 0 Å². The summed E-state index contributed by atoms with van der Waals surface area (Å²) in [6, 6.07) is 6.54. The monoisotopic (exact) mass is 218 g/mol. The van der Waals surface area contributed by atoms with Gasteiger partial charge in [0.05, 0.1) is 5.69 Å². The van der Waals surface area contributed by atoms with E-state index in [1.54, 1.807) is 0 Å². The third-order valence-corrected chi connectivity index (χ3v) is 3.27. The predicted octanol–water partition coefficient (Wildman–Crippen LogP) is 2.03. The average molecular weight is 218 g/mol. The lowest BCUT2D eigenvalue weighted by Crippen LogP contribution is -2.35. The summed E-state index contributed by atoms with van der Waals surface area (Å²) in [6.07, 6.45) is 5.33. The van der Waals surface area contributed by atoms with Gasteiger partial charge < -0.3 is 0 Å². The molecule has 1 fully saturated rings. The molecule has 1 aromatic heterocycles. The topological polar surface area (TPSA) is 33.2 Å². The Morgan fingerprint density at radius 2 is 2.12 bits per heavy atom. The van der Waals surface area contributed by atoms with Crippen molar-refractivity contribution < 1.29 is 4.79 Å². The summed E-state index contributed by atoms with van der Waals surface area (Å²) in [5, 5.41) is 0. The van der Waals surface area contributed by atoms with Crippen LogP contribution in [0.25, 0.3) is 0 Å². The minimum atomic E-state index is 0.419. The number of rotatable bonds is 3. The summed E-state index contributed by atoms with van der Waals surface area (Å²) < 4.78 is 0. The number of nitrogens with zero attached hydrogens (tertiary/aromatic N) is 2. The zero-order valence-electron chi connectivity index (χ0n) is 9.72. The van der Waals surface area contributed by atoms with Gasteiger partial charge in [-0.3, -0.25) is 14.7 Å². The van der Waals surface area contributed by atoms with Crippen molar-refractivity contribution in [2.24, 2.45) is 0 Å². The number of carbonyl (C=O) groups is 1. The van der Waals surface area contributed by atoms with Crippen molar-refractivity contribution in [1.82, 2.24) is 9.88 Å². The lowest BCUT2D eigenvalue weighted by atomic mass is 9.93. The highest BCUT2D eigenvalue weighted by Gasteiger charge is 2.22. The van der Waals surface area contributed by atoms with E-state index in [0.717, 1.165) is 37.9 Å². The fourth-order valence-corrected chi connectivity index (χ4v) is 2.24. The smallest absolute Gasteiger partial charge is 0.133 e. The summed E-state index contributed by atoms with van der Waals surface area (Å²) in [4.78, 5) is 17.8. The van der Waals surface area contributed by atoms with Gasteiger partial charge in [-0.05, 0) is 32.0 Å². The van der Waals surface area contributed by atoms with Gasteiger partial charge in [0.15, 0.2) is 0 Å². The largest absolute Gasteiger partial charge is 0.300 e. The molecule has 1 aliphatic carbocycles. The molecule has 16 heavy (non-hydrogen) atoms. The molecule has 3 heteroatoms. The van der Waals surface area contributed by atoms with Crippen LogP contribution < -0.4 is 0 Å². The van der Waals surface area contributed by atoms with E-state index in [1.807, 2.05) is 24.4 Å². The van der Waals surface area contributed by atoms with E-state index in [1.165, 1.54) is 0 Å². The van der Waals surface area contributed by atoms with Crippen LogP contribution in [0.5, 0.6) is 0 Å². The van der Waals surface area contributed by atoms with Gasteiger partial charge in [0.2, 0.25) is 0 Å². The van der Waals surface area contributed by atoms with Crippen molar-refractivity contribution in [3.8, 4) is 0 Å². The SMILES string of the molecule is CN(Cc1ccccn1)C1CCC(=O)CC1. The molecule has 0 spiro atoms. The summed E-state index contributed by atoms with van der Waals surface area (Å²) in [5.74, 6) is 0.419. The van der Waals surface area contributed by atoms with Crippen molar-refractivity contribution in [3.63, 3.8) is 0 Å². The molecule has 2 rings (SSSR count). The maximum absolute atomic E-state index is 11.2. The summed E-state index contributed by atoms with van der Waals surface area (Å²) >= 11 is 0. The second kappa shape index (κ2) is 5.21. The first kappa shape index (κ1) is 11.3. The number of ketones is 1. The molecule has 1 aliphatic rings. The van der Waals surface area contributed by atoms with Gasteiger partial charge in [-0.25, -0.2) is 0 Å². The van der Waals surface area contributed by atoms with Crippen LogP contribution in [-0.2, 0) is 11.3 Å². The Morgan fingerprint density at radius 3 is 2.75 bits per heavy atom. The van der Waals surface area contributed by atoms with Crippen LogP contribution in [0.2, 0.25) is 0 Å². The van der Waals surface area contributed by atoms with Gasteiger partial charge in [0.1, 0.15) is 5.78 Å². The van der Waals surface area contributed by atoms with Crippen LogP contribution in [-0.4, -0.2) is 28.8 Å². The molecule has 0 N–H and O–H groups in total. The highest BCUT2D eigenvalue weighted by atomic mass is 16.1. The Kier molecular flexibility index (Phi) is 3.67. The highest BCUT2D eigenvalue weighted by Crippen LogP contribution is 2.20. The first-order chi connectivity index (χ1) is 7.75. The minimum absolute atomic E-state index is 0.419. The Morgan fingerprint density at radius 1 is 1.38 bits per heavy atom. The quantitative estimate of drug-likeness (QED) is 0.778. The first-order valence-electron chi connectivity index (χ1n) is 5.87. The molecule has 0 saturated heterocycles. The fourth-order valence-electron chi connectivity index (χ4n) is 2.24. The molecule has 0 bridgehead atoms. The van der Waals surface area contributed by atoms with Crippen LogP contribution in [0.4, 0.5) is 0 Å². The molecule has 0 atom stereocenters. The third-order valence-electron chi connectivity index (χ3n) is 3.27. The molecule has 0 amide bonds. The zero-order chi connectivity index (χ0) is 11.4. The Balaban J connectivity index is 1.88. The molecular formula is C13H18N2O. The van der Waals surface area contributed by atoms with Gasteiger partial charge in [-0.2, -0.15) is 0 Å². The molecule has 0 aliphatic heterocycles. The second-order valence-electron chi connectivity index (χ2n) is 4.51. The molecule has 86 valence electrons. The van der Waals surface area contributed by atoms with Gasteiger partial charge in [-0.1, -0.05) is 6.07 Å². The lowest BCUT2D eigenvalue weighted by Gasteiger charge is -2.30. The van der Waals surface area contributed by atoms with Crippen molar-refractivity contribution in [2.75, 3.05) is 7.05 Å². The van der Waals surface area contributed by atoms with E-state index >= 15 is 0 Å². The van der Waals surface area contributed by atoms with Gasteiger partial charge in [0.25, 0.3) is 0 Å². The number of pyridine rings is 1. The Labute approximate surface area is 96.5 Å². The van der Waals surface area contributed by atoms with Crippen LogP contribution in [0.15, 0.2) is 24.4 Å². The van der Waals surface area contributed by atoms with E-state index in [-0.39, 0.29) is 0 Å². The summed E-state index contributed by atoms with van der Waals surface area (Å²) in [5.41, 5.74) is 1.10. The average Bonchev–Trinajstić information content (AvgIpc) is 2.31. The van der Waals surface area contributed by atoms with Crippen molar-refractivity contribution in [3.05, 3.63) is 30.1 Å². The third kappa shape index (κ3) is 2.89. The second-order valence-corrected chi connectivity index (χ2v) is 4.51. The lowest BCUT2D eigenvalue weighted by molar-refractivity contribution is -0.121. The van der Waals surface area contributed by atoms with Crippen molar-refractivity contribution in [1.29, 1.82) is 0 Å². The molecule has 0 radical (unpaired) electrons. The normalized spacial score (nSPS) is 18.0. The van der Waals surface area contributed by atoms with E-state index in [9.17, 15) is 4.79 Å². The fraction of sp³-hybridized carbons (Fsp3) is 0.538. The molecular weight excluding hydrogens is 200 g/mol. The zero-order valence-corrected chi connectivity index (χ0v) is 9.72.